The molecule has 3 heteroatoms. The molecule has 0 aliphatic heterocycles. The highest BCUT2D eigenvalue weighted by Crippen LogP contribution is 2.09. The maximum Gasteiger partial charge on any atom is 0.110 e. The van der Waals surface area contributed by atoms with Gasteiger partial charge in [-0.25, -0.2) is 4.98 Å². The van der Waals surface area contributed by atoms with Gasteiger partial charge in [0.25, 0.3) is 0 Å². The fourth-order valence-electron chi connectivity index (χ4n) is 1.14. The smallest absolute Gasteiger partial charge is 0.110 e. The largest absolute Gasteiger partial charge is 0.398 e. The van der Waals surface area contributed by atoms with Crippen molar-refractivity contribution in [1.82, 2.24) is 9.38 Å². The first-order valence-electron chi connectivity index (χ1n) is 3.46. The molecule has 0 bridgehead atoms. The van der Waals surface area contributed by atoms with Crippen LogP contribution >= 0.6 is 0 Å². The Bertz CT molecular complexity index is 389. The van der Waals surface area contributed by atoms with Crippen LogP contribution in [0.3, 0.4) is 0 Å². The summed E-state index contributed by atoms with van der Waals surface area (Å²) in [5.74, 6) is 0.965. The van der Waals surface area contributed by atoms with Crippen LogP contribution in [0.4, 0.5) is 5.69 Å². The Kier molecular flexibility index (Phi) is 1.12. The van der Waals surface area contributed by atoms with Crippen molar-refractivity contribution in [1.29, 1.82) is 0 Å². The van der Waals surface area contributed by atoms with Crippen molar-refractivity contribution in [3.8, 4) is 0 Å². The van der Waals surface area contributed by atoms with E-state index < -0.39 is 0 Å². The lowest BCUT2D eigenvalue weighted by atomic mass is 10.4. The van der Waals surface area contributed by atoms with Crippen molar-refractivity contribution in [2.24, 2.45) is 0 Å². The van der Waals surface area contributed by atoms with Gasteiger partial charge in [-0.1, -0.05) is 0 Å². The van der Waals surface area contributed by atoms with E-state index in [9.17, 15) is 0 Å². The zero-order chi connectivity index (χ0) is 7.84. The van der Waals surface area contributed by atoms with Gasteiger partial charge in [0.1, 0.15) is 5.82 Å². The summed E-state index contributed by atoms with van der Waals surface area (Å²) in [5.41, 5.74) is 7.45. The second-order valence-corrected chi connectivity index (χ2v) is 2.56. The highest BCUT2D eigenvalue weighted by Gasteiger charge is 1.96. The summed E-state index contributed by atoms with van der Waals surface area (Å²) >= 11 is 0. The molecule has 2 aromatic heterocycles. The molecule has 2 heterocycles. The number of rotatable bonds is 0. The van der Waals surface area contributed by atoms with Crippen LogP contribution in [0, 0.1) is 6.92 Å². The molecule has 0 spiro atoms. The van der Waals surface area contributed by atoms with E-state index in [1.165, 1.54) is 0 Å². The minimum atomic E-state index is 0.763. The predicted molar refractivity (Wildman–Crippen MR) is 44.3 cm³/mol. The molecule has 2 rings (SSSR count). The molecule has 0 saturated heterocycles. The average molecular weight is 147 g/mol. The third-order valence-electron chi connectivity index (χ3n) is 1.74. The minimum absolute atomic E-state index is 0.763. The van der Waals surface area contributed by atoms with Crippen molar-refractivity contribution in [2.75, 3.05) is 5.73 Å². The Hall–Kier alpha value is -1.51. The zero-order valence-corrected chi connectivity index (χ0v) is 6.28. The lowest BCUT2D eigenvalue weighted by Crippen LogP contribution is -1.91. The Labute approximate surface area is 64.5 Å². The highest BCUT2D eigenvalue weighted by atomic mass is 15.0. The van der Waals surface area contributed by atoms with Gasteiger partial charge < -0.3 is 10.1 Å². The van der Waals surface area contributed by atoms with Crippen LogP contribution < -0.4 is 5.73 Å². The Balaban J connectivity index is 2.87. The first kappa shape index (κ1) is 6.22. The van der Waals surface area contributed by atoms with E-state index in [4.69, 9.17) is 5.73 Å². The Morgan fingerprint density at radius 1 is 1.45 bits per heavy atom. The lowest BCUT2D eigenvalue weighted by Gasteiger charge is -1.96. The maximum absolute atomic E-state index is 5.60. The standard InChI is InChI=1S/C8H9N3/c1-6-10-4-8-3-2-7(9)5-11(6)8/h2-5H,9H2,1H3. The fraction of sp³-hybridized carbons (Fsp3) is 0.125. The molecule has 2 N–H and O–H groups in total. The van der Waals surface area contributed by atoms with Gasteiger partial charge in [0, 0.05) is 11.9 Å². The van der Waals surface area contributed by atoms with Crippen LogP contribution in [-0.2, 0) is 0 Å². The van der Waals surface area contributed by atoms with Gasteiger partial charge in [-0.15, -0.1) is 0 Å². The van der Waals surface area contributed by atoms with E-state index in [0.29, 0.717) is 0 Å². The first-order chi connectivity index (χ1) is 5.27. The molecule has 3 nitrogen and oxygen atoms in total. The summed E-state index contributed by atoms with van der Waals surface area (Å²) in [4.78, 5) is 4.14. The van der Waals surface area contributed by atoms with Crippen molar-refractivity contribution in [3.63, 3.8) is 0 Å². The average Bonchev–Trinajstić information content (AvgIpc) is 2.33. The molecule has 11 heavy (non-hydrogen) atoms. The van der Waals surface area contributed by atoms with Gasteiger partial charge in [0.15, 0.2) is 0 Å². The maximum atomic E-state index is 5.60. The molecule has 0 atom stereocenters. The number of nitrogens with two attached hydrogens (primary N) is 1. The van der Waals surface area contributed by atoms with Crippen LogP contribution in [0.2, 0.25) is 0 Å². The number of pyridine rings is 1. The molecule has 0 unspecified atom stereocenters. The molecule has 2 aromatic rings. The van der Waals surface area contributed by atoms with E-state index in [1.54, 1.807) is 0 Å². The molecule has 0 fully saturated rings. The van der Waals surface area contributed by atoms with Gasteiger partial charge in [-0.05, 0) is 19.1 Å². The number of nitrogens with zero attached hydrogens (tertiary/aromatic N) is 2. The second-order valence-electron chi connectivity index (χ2n) is 2.56. The summed E-state index contributed by atoms with van der Waals surface area (Å²) in [6.07, 6.45) is 3.70. The van der Waals surface area contributed by atoms with Crippen molar-refractivity contribution < 1.29 is 0 Å². The number of hydrogen-bond acceptors (Lipinski definition) is 2. The minimum Gasteiger partial charge on any atom is -0.398 e. The molecule has 0 amide bonds. The second kappa shape index (κ2) is 1.99. The van der Waals surface area contributed by atoms with Gasteiger partial charge in [0.2, 0.25) is 0 Å². The third kappa shape index (κ3) is 0.852. The lowest BCUT2D eigenvalue weighted by molar-refractivity contribution is 1.05. The van der Waals surface area contributed by atoms with Gasteiger partial charge >= 0.3 is 0 Å². The topological polar surface area (TPSA) is 43.3 Å². The van der Waals surface area contributed by atoms with Crippen molar-refractivity contribution >= 4 is 11.2 Å². The third-order valence-corrected chi connectivity index (χ3v) is 1.74. The van der Waals surface area contributed by atoms with Gasteiger partial charge in [0.05, 0.1) is 11.7 Å². The number of hydrogen-bond donors (Lipinski definition) is 1. The molecule has 0 aliphatic rings. The molecular weight excluding hydrogens is 138 g/mol. The van der Waals surface area contributed by atoms with Crippen LogP contribution in [0.25, 0.3) is 5.52 Å². The van der Waals surface area contributed by atoms with E-state index in [1.807, 2.05) is 35.9 Å². The predicted octanol–water partition coefficient (Wildman–Crippen LogP) is 1.22. The van der Waals surface area contributed by atoms with Crippen molar-refractivity contribution in [2.45, 2.75) is 6.92 Å². The molecule has 0 radical (unpaired) electrons. The number of nitrogen functional groups attached to an aromatic ring is 1. The number of imidazole rings is 1. The van der Waals surface area contributed by atoms with Crippen LogP contribution in [0.5, 0.6) is 0 Å². The molecule has 0 aliphatic carbocycles. The van der Waals surface area contributed by atoms with E-state index in [0.717, 1.165) is 17.0 Å². The zero-order valence-electron chi connectivity index (χ0n) is 6.28. The first-order valence-corrected chi connectivity index (χ1v) is 3.46. The number of aromatic nitrogens is 2. The highest BCUT2D eigenvalue weighted by molar-refractivity contribution is 5.51. The molecule has 0 aromatic carbocycles. The SMILES string of the molecule is Cc1ncc2ccc(N)cn12. The number of anilines is 1. The summed E-state index contributed by atoms with van der Waals surface area (Å²) < 4.78 is 1.97. The van der Waals surface area contributed by atoms with E-state index >= 15 is 0 Å². The Morgan fingerprint density at radius 3 is 3.09 bits per heavy atom. The summed E-state index contributed by atoms with van der Waals surface area (Å²) in [6, 6.07) is 3.83. The number of aryl methyl sites for hydroxylation is 1. The monoisotopic (exact) mass is 147 g/mol. The number of fused-ring (bicyclic) bond motifs is 1. The van der Waals surface area contributed by atoms with Gasteiger partial charge in [-0.2, -0.15) is 0 Å². The normalized spacial score (nSPS) is 10.6. The van der Waals surface area contributed by atoms with Crippen LogP contribution in [0.15, 0.2) is 24.5 Å². The van der Waals surface area contributed by atoms with E-state index in [2.05, 4.69) is 4.98 Å². The summed E-state index contributed by atoms with van der Waals surface area (Å²) in [7, 11) is 0. The van der Waals surface area contributed by atoms with E-state index in [-0.39, 0.29) is 0 Å². The van der Waals surface area contributed by atoms with Crippen molar-refractivity contribution in [3.05, 3.63) is 30.4 Å². The van der Waals surface area contributed by atoms with Crippen LogP contribution in [0.1, 0.15) is 5.82 Å². The van der Waals surface area contributed by atoms with Gasteiger partial charge in [-0.3, -0.25) is 0 Å². The quantitative estimate of drug-likeness (QED) is 0.609. The summed E-state index contributed by atoms with van der Waals surface area (Å²) in [6.45, 7) is 1.95. The van der Waals surface area contributed by atoms with Crippen LogP contribution in [-0.4, -0.2) is 9.38 Å². The fourth-order valence-corrected chi connectivity index (χ4v) is 1.14. The molecular formula is C8H9N3. The molecule has 0 saturated carbocycles. The Morgan fingerprint density at radius 2 is 2.27 bits per heavy atom. The summed E-state index contributed by atoms with van der Waals surface area (Å²) in [5, 5.41) is 0. The molecule has 56 valence electrons.